The molecule has 0 saturated carbocycles. The number of carbonyl (C=O) groups is 2. The first-order valence-corrected chi connectivity index (χ1v) is 9.36. The minimum atomic E-state index is -0.777. The Kier molecular flexibility index (Phi) is 5.14. The topological polar surface area (TPSA) is 104 Å². The van der Waals surface area contributed by atoms with Crippen LogP contribution in [0.5, 0.6) is 11.5 Å². The molecule has 0 aliphatic carbocycles. The number of thioether (sulfide) groups is 1. The number of anilines is 1. The molecule has 3 N–H and O–H groups in total. The highest BCUT2D eigenvalue weighted by molar-refractivity contribution is 8.01. The molecule has 2 heterocycles. The molecule has 0 saturated heterocycles. The third kappa shape index (κ3) is 4.05. The second-order valence-electron chi connectivity index (χ2n) is 5.44. The number of rotatable bonds is 5. The van der Waals surface area contributed by atoms with Gasteiger partial charge >= 0.3 is 0 Å². The SMILES string of the molecule is Cc1nc(NC(=O)C2Oc3ccccc3OC2C)sc1SCC(N)=O. The fourth-order valence-corrected chi connectivity index (χ4v) is 4.17. The summed E-state index contributed by atoms with van der Waals surface area (Å²) in [4.78, 5) is 27.8. The zero-order valence-electron chi connectivity index (χ0n) is 13.6. The van der Waals surface area contributed by atoms with Gasteiger partial charge in [0.05, 0.1) is 15.7 Å². The number of carbonyl (C=O) groups excluding carboxylic acids is 2. The van der Waals surface area contributed by atoms with Crippen molar-refractivity contribution in [2.45, 2.75) is 30.3 Å². The maximum atomic E-state index is 12.5. The van der Waals surface area contributed by atoms with Gasteiger partial charge in [0.15, 0.2) is 16.6 Å². The second-order valence-corrected chi connectivity index (χ2v) is 7.69. The van der Waals surface area contributed by atoms with Crippen LogP contribution in [0.2, 0.25) is 0 Å². The third-order valence-electron chi connectivity index (χ3n) is 3.43. The molecule has 2 aromatic rings. The number of thiazole rings is 1. The summed E-state index contributed by atoms with van der Waals surface area (Å²) >= 11 is 2.60. The van der Waals surface area contributed by atoms with Crippen LogP contribution in [-0.2, 0) is 9.59 Å². The summed E-state index contributed by atoms with van der Waals surface area (Å²) in [5.41, 5.74) is 5.90. The zero-order chi connectivity index (χ0) is 18.0. The minimum absolute atomic E-state index is 0.170. The molecular formula is C16H17N3O4S2. The number of fused-ring (bicyclic) bond motifs is 1. The lowest BCUT2D eigenvalue weighted by molar-refractivity contribution is -0.128. The van der Waals surface area contributed by atoms with Crippen LogP contribution in [0, 0.1) is 6.92 Å². The Bertz CT molecular complexity index is 808. The molecule has 7 nitrogen and oxygen atoms in total. The number of para-hydroxylation sites is 2. The molecule has 1 aromatic heterocycles. The summed E-state index contributed by atoms with van der Waals surface area (Å²) in [5, 5.41) is 3.20. The Balaban J connectivity index is 1.68. The highest BCUT2D eigenvalue weighted by atomic mass is 32.2. The average Bonchev–Trinajstić information content (AvgIpc) is 2.91. The van der Waals surface area contributed by atoms with Crippen molar-refractivity contribution in [3.63, 3.8) is 0 Å². The number of aromatic nitrogens is 1. The maximum absolute atomic E-state index is 12.5. The lowest BCUT2D eigenvalue weighted by atomic mass is 10.1. The monoisotopic (exact) mass is 379 g/mol. The maximum Gasteiger partial charge on any atom is 0.271 e. The van der Waals surface area contributed by atoms with Gasteiger partial charge in [-0.05, 0) is 26.0 Å². The number of nitrogens with one attached hydrogen (secondary N) is 1. The standard InChI is InChI=1S/C16H17N3O4S2/c1-8-15(24-7-12(17)20)25-16(18-8)19-14(21)13-9(2)22-10-5-3-4-6-11(10)23-13/h3-6,9,13H,7H2,1-2H3,(H2,17,20)(H,18,19,21). The van der Waals surface area contributed by atoms with Crippen LogP contribution in [0.15, 0.2) is 28.5 Å². The van der Waals surface area contributed by atoms with Crippen molar-refractivity contribution in [1.29, 1.82) is 0 Å². The number of aryl methyl sites for hydroxylation is 1. The van der Waals surface area contributed by atoms with Crippen LogP contribution >= 0.6 is 23.1 Å². The van der Waals surface area contributed by atoms with Gasteiger partial charge in [-0.15, -0.1) is 11.8 Å². The smallest absolute Gasteiger partial charge is 0.271 e. The number of hydrogen-bond acceptors (Lipinski definition) is 7. The molecule has 2 unspecified atom stereocenters. The number of benzene rings is 1. The molecule has 9 heteroatoms. The first kappa shape index (κ1) is 17.6. The van der Waals surface area contributed by atoms with Crippen molar-refractivity contribution in [1.82, 2.24) is 4.98 Å². The van der Waals surface area contributed by atoms with Crippen molar-refractivity contribution in [3.05, 3.63) is 30.0 Å². The van der Waals surface area contributed by atoms with E-state index in [0.717, 1.165) is 9.90 Å². The number of amides is 2. The van der Waals surface area contributed by atoms with Gasteiger partial charge in [-0.3, -0.25) is 14.9 Å². The van der Waals surface area contributed by atoms with Crippen LogP contribution < -0.4 is 20.5 Å². The number of nitrogens with zero attached hydrogens (tertiary/aromatic N) is 1. The van der Waals surface area contributed by atoms with E-state index in [2.05, 4.69) is 10.3 Å². The fourth-order valence-electron chi connectivity index (χ4n) is 2.29. The van der Waals surface area contributed by atoms with Gasteiger partial charge in [-0.2, -0.15) is 0 Å². The van der Waals surface area contributed by atoms with Gasteiger partial charge in [0, 0.05) is 0 Å². The molecule has 1 aliphatic heterocycles. The van der Waals surface area contributed by atoms with E-state index in [4.69, 9.17) is 15.2 Å². The van der Waals surface area contributed by atoms with Gasteiger partial charge in [0.25, 0.3) is 5.91 Å². The van der Waals surface area contributed by atoms with E-state index in [0.29, 0.717) is 16.6 Å². The summed E-state index contributed by atoms with van der Waals surface area (Å²) < 4.78 is 12.3. The number of nitrogens with two attached hydrogens (primary N) is 1. The predicted molar refractivity (Wildman–Crippen MR) is 96.3 cm³/mol. The van der Waals surface area contributed by atoms with Crippen molar-refractivity contribution in [2.75, 3.05) is 11.1 Å². The number of primary amides is 1. The summed E-state index contributed by atoms with van der Waals surface area (Å²) in [6, 6.07) is 7.22. The fraction of sp³-hybridized carbons (Fsp3) is 0.312. The molecule has 0 fully saturated rings. The van der Waals surface area contributed by atoms with Crippen molar-refractivity contribution < 1.29 is 19.1 Å². The van der Waals surface area contributed by atoms with Crippen LogP contribution in [0.25, 0.3) is 0 Å². The van der Waals surface area contributed by atoms with Gasteiger partial charge in [-0.25, -0.2) is 4.98 Å². The molecule has 1 aliphatic rings. The van der Waals surface area contributed by atoms with Crippen molar-refractivity contribution in [3.8, 4) is 11.5 Å². The first-order chi connectivity index (χ1) is 11.9. The van der Waals surface area contributed by atoms with Gasteiger partial charge < -0.3 is 15.2 Å². The number of ether oxygens (including phenoxy) is 2. The predicted octanol–water partition coefficient (Wildman–Crippen LogP) is 2.20. The molecule has 2 amide bonds. The van der Waals surface area contributed by atoms with Crippen molar-refractivity contribution >= 4 is 40.0 Å². The van der Waals surface area contributed by atoms with E-state index in [9.17, 15) is 9.59 Å². The van der Waals surface area contributed by atoms with E-state index in [1.807, 2.05) is 19.1 Å². The summed E-state index contributed by atoms with van der Waals surface area (Å²) in [6.45, 7) is 3.59. The van der Waals surface area contributed by atoms with E-state index in [1.54, 1.807) is 19.1 Å². The molecule has 1 aromatic carbocycles. The Morgan fingerprint density at radius 3 is 2.68 bits per heavy atom. The minimum Gasteiger partial charge on any atom is -0.482 e. The first-order valence-electron chi connectivity index (χ1n) is 7.56. The Hall–Kier alpha value is -2.26. The molecular weight excluding hydrogens is 362 g/mol. The quantitative estimate of drug-likeness (QED) is 0.772. The summed E-state index contributed by atoms with van der Waals surface area (Å²) in [6.07, 6.45) is -1.21. The van der Waals surface area contributed by atoms with Gasteiger partial charge in [0.1, 0.15) is 6.10 Å². The van der Waals surface area contributed by atoms with E-state index in [1.165, 1.54) is 23.1 Å². The van der Waals surface area contributed by atoms with Crippen LogP contribution in [0.4, 0.5) is 5.13 Å². The largest absolute Gasteiger partial charge is 0.482 e. The third-order valence-corrected chi connectivity index (χ3v) is 5.89. The zero-order valence-corrected chi connectivity index (χ0v) is 15.3. The van der Waals surface area contributed by atoms with Crippen LogP contribution in [-0.4, -0.2) is 34.8 Å². The molecule has 25 heavy (non-hydrogen) atoms. The lowest BCUT2D eigenvalue weighted by Gasteiger charge is -2.30. The molecule has 0 spiro atoms. The van der Waals surface area contributed by atoms with Gasteiger partial charge in [0.2, 0.25) is 12.0 Å². The Labute approximate surface area is 152 Å². The highest BCUT2D eigenvalue weighted by Gasteiger charge is 2.34. The van der Waals surface area contributed by atoms with Crippen molar-refractivity contribution in [2.24, 2.45) is 5.73 Å². The summed E-state index contributed by atoms with van der Waals surface area (Å²) in [5.74, 6) is 0.595. The molecule has 0 radical (unpaired) electrons. The highest BCUT2D eigenvalue weighted by Crippen LogP contribution is 2.35. The van der Waals surface area contributed by atoms with Crippen LogP contribution in [0.3, 0.4) is 0 Å². The van der Waals surface area contributed by atoms with E-state index < -0.39 is 18.1 Å². The average molecular weight is 379 g/mol. The van der Waals surface area contributed by atoms with E-state index in [-0.39, 0.29) is 11.7 Å². The molecule has 0 bridgehead atoms. The van der Waals surface area contributed by atoms with E-state index >= 15 is 0 Å². The lowest BCUT2D eigenvalue weighted by Crippen LogP contribution is -2.46. The molecule has 3 rings (SSSR count). The molecule has 2 atom stereocenters. The van der Waals surface area contributed by atoms with Gasteiger partial charge in [-0.1, -0.05) is 23.5 Å². The molecule has 132 valence electrons. The Morgan fingerprint density at radius 2 is 2.00 bits per heavy atom. The summed E-state index contributed by atoms with van der Waals surface area (Å²) in [7, 11) is 0. The van der Waals surface area contributed by atoms with Crippen LogP contribution in [0.1, 0.15) is 12.6 Å². The Morgan fingerprint density at radius 1 is 1.32 bits per heavy atom. The normalized spacial score (nSPS) is 18.6. The second kappa shape index (κ2) is 7.32. The number of hydrogen-bond donors (Lipinski definition) is 2.